The molecule has 3 nitrogen and oxygen atoms in total. The maximum atomic E-state index is 11.8. The van der Waals surface area contributed by atoms with E-state index in [-0.39, 0.29) is 5.91 Å². The van der Waals surface area contributed by atoms with Crippen molar-refractivity contribution in [2.75, 3.05) is 17.3 Å². The van der Waals surface area contributed by atoms with Gasteiger partial charge in [-0.1, -0.05) is 6.07 Å². The monoisotopic (exact) mass is 268 g/mol. The lowest BCUT2D eigenvalue weighted by molar-refractivity contribution is -0.120. The first kappa shape index (κ1) is 10.5. The molecule has 0 bridgehead atoms. The molecule has 0 saturated carbocycles. The van der Waals surface area contributed by atoms with Gasteiger partial charge in [-0.25, -0.2) is 0 Å². The fraction of sp³-hybridized carbons (Fsp3) is 0.364. The Labute approximate surface area is 97.6 Å². The maximum Gasteiger partial charge on any atom is 0.249 e. The Balaban J connectivity index is 2.62. The molecule has 4 heteroatoms. The first-order valence-corrected chi connectivity index (χ1v) is 5.57. The van der Waals surface area contributed by atoms with Crippen molar-refractivity contribution in [3.8, 4) is 0 Å². The van der Waals surface area contributed by atoms with Gasteiger partial charge in [0.15, 0.2) is 0 Å². The number of nitrogens with zero attached hydrogens (tertiary/aromatic N) is 1. The number of amides is 1. The lowest BCUT2D eigenvalue weighted by Crippen LogP contribution is -2.54. The third-order valence-corrected chi connectivity index (χ3v) is 3.60. The van der Waals surface area contributed by atoms with Crippen molar-refractivity contribution in [3.63, 3.8) is 0 Å². The van der Waals surface area contributed by atoms with Crippen LogP contribution >= 0.6 is 15.9 Å². The van der Waals surface area contributed by atoms with Gasteiger partial charge in [0.1, 0.15) is 5.54 Å². The molecule has 0 radical (unpaired) electrons. The Kier molecular flexibility index (Phi) is 2.26. The molecular weight excluding hydrogens is 256 g/mol. The highest BCUT2D eigenvalue weighted by atomic mass is 79.9. The van der Waals surface area contributed by atoms with Crippen LogP contribution in [0.5, 0.6) is 0 Å². The second-order valence-electron chi connectivity index (χ2n) is 4.21. The van der Waals surface area contributed by atoms with Gasteiger partial charge in [-0.2, -0.15) is 0 Å². The van der Waals surface area contributed by atoms with Gasteiger partial charge in [0, 0.05) is 11.5 Å². The largest absolute Gasteiger partial charge is 0.358 e. The number of likely N-dealkylation sites (N-methyl/N-ethyl adjacent to an activating group) is 1. The van der Waals surface area contributed by atoms with Gasteiger partial charge in [-0.3, -0.25) is 4.79 Å². The maximum absolute atomic E-state index is 11.8. The van der Waals surface area contributed by atoms with Gasteiger partial charge in [0.05, 0.1) is 11.4 Å². The SMILES string of the molecule is CN1c2c(Br)cccc2NC(=O)C1(C)C. The summed E-state index contributed by atoms with van der Waals surface area (Å²) in [5.41, 5.74) is 1.37. The van der Waals surface area contributed by atoms with E-state index in [4.69, 9.17) is 0 Å². The highest BCUT2D eigenvalue weighted by Crippen LogP contribution is 2.40. The fourth-order valence-corrected chi connectivity index (χ4v) is 2.30. The summed E-state index contributed by atoms with van der Waals surface area (Å²) in [7, 11) is 1.93. The summed E-state index contributed by atoms with van der Waals surface area (Å²) in [6.45, 7) is 3.81. The second kappa shape index (κ2) is 3.23. The predicted molar refractivity (Wildman–Crippen MR) is 65.3 cm³/mol. The number of hydrogen-bond donors (Lipinski definition) is 1. The Morgan fingerprint density at radius 1 is 1.40 bits per heavy atom. The number of halogens is 1. The number of para-hydroxylation sites is 1. The van der Waals surface area contributed by atoms with Gasteiger partial charge < -0.3 is 10.2 Å². The third kappa shape index (κ3) is 1.44. The molecule has 0 spiro atoms. The smallest absolute Gasteiger partial charge is 0.249 e. The summed E-state index contributed by atoms with van der Waals surface area (Å²) >= 11 is 3.50. The Morgan fingerprint density at radius 3 is 2.73 bits per heavy atom. The van der Waals surface area contributed by atoms with E-state index in [1.54, 1.807) is 0 Å². The van der Waals surface area contributed by atoms with E-state index in [2.05, 4.69) is 21.2 Å². The number of anilines is 2. The zero-order chi connectivity index (χ0) is 11.2. The van der Waals surface area contributed by atoms with Crippen molar-refractivity contribution in [1.29, 1.82) is 0 Å². The molecule has 2 rings (SSSR count). The van der Waals surface area contributed by atoms with Crippen molar-refractivity contribution in [2.45, 2.75) is 19.4 Å². The molecule has 0 aliphatic carbocycles. The molecule has 1 amide bonds. The zero-order valence-electron chi connectivity index (χ0n) is 8.97. The number of benzene rings is 1. The average Bonchev–Trinajstić information content (AvgIpc) is 2.15. The lowest BCUT2D eigenvalue weighted by atomic mass is 9.97. The summed E-state index contributed by atoms with van der Waals surface area (Å²) in [5.74, 6) is 0.0237. The summed E-state index contributed by atoms with van der Waals surface area (Å²) < 4.78 is 0.996. The Hall–Kier alpha value is -1.03. The van der Waals surface area contributed by atoms with Gasteiger partial charge in [0.2, 0.25) is 5.91 Å². The minimum Gasteiger partial charge on any atom is -0.358 e. The third-order valence-electron chi connectivity index (χ3n) is 2.96. The van der Waals surface area contributed by atoms with E-state index in [0.717, 1.165) is 15.8 Å². The zero-order valence-corrected chi connectivity index (χ0v) is 10.6. The first-order chi connectivity index (χ1) is 6.94. The molecule has 0 unspecified atom stereocenters. The molecule has 0 saturated heterocycles. The van der Waals surface area contributed by atoms with E-state index < -0.39 is 5.54 Å². The number of fused-ring (bicyclic) bond motifs is 1. The first-order valence-electron chi connectivity index (χ1n) is 4.78. The Bertz CT molecular complexity index is 429. The molecule has 1 aromatic rings. The standard InChI is InChI=1S/C11H13BrN2O/c1-11(2)10(15)13-8-6-4-5-7(12)9(8)14(11)3/h4-6H,1-3H3,(H,13,15). The van der Waals surface area contributed by atoms with Gasteiger partial charge in [-0.15, -0.1) is 0 Å². The van der Waals surface area contributed by atoms with E-state index in [9.17, 15) is 4.79 Å². The molecule has 1 aromatic carbocycles. The number of nitrogens with one attached hydrogen (secondary N) is 1. The van der Waals surface area contributed by atoms with Crippen LogP contribution in [0.4, 0.5) is 11.4 Å². The summed E-state index contributed by atoms with van der Waals surface area (Å²) in [6, 6.07) is 5.79. The van der Waals surface area contributed by atoms with E-state index >= 15 is 0 Å². The quantitative estimate of drug-likeness (QED) is 0.785. The van der Waals surface area contributed by atoms with Crippen molar-refractivity contribution < 1.29 is 4.79 Å². The highest BCUT2D eigenvalue weighted by Gasteiger charge is 2.38. The van der Waals surface area contributed by atoms with E-state index in [1.807, 2.05) is 44.0 Å². The molecule has 15 heavy (non-hydrogen) atoms. The molecule has 0 fully saturated rings. The molecule has 1 N–H and O–H groups in total. The average molecular weight is 269 g/mol. The van der Waals surface area contributed by atoms with Crippen LogP contribution < -0.4 is 10.2 Å². The van der Waals surface area contributed by atoms with Crippen molar-refractivity contribution in [1.82, 2.24) is 0 Å². The van der Waals surface area contributed by atoms with Crippen LogP contribution in [0.1, 0.15) is 13.8 Å². The van der Waals surface area contributed by atoms with Crippen LogP contribution in [0.3, 0.4) is 0 Å². The normalized spacial score (nSPS) is 18.4. The van der Waals surface area contributed by atoms with Crippen LogP contribution in [-0.4, -0.2) is 18.5 Å². The van der Waals surface area contributed by atoms with Crippen molar-refractivity contribution in [2.24, 2.45) is 0 Å². The molecule has 0 aromatic heterocycles. The van der Waals surface area contributed by atoms with Crippen molar-refractivity contribution >= 4 is 33.2 Å². The number of rotatable bonds is 0. The van der Waals surface area contributed by atoms with E-state index in [1.165, 1.54) is 0 Å². The van der Waals surface area contributed by atoms with Gasteiger partial charge in [0.25, 0.3) is 0 Å². The summed E-state index contributed by atoms with van der Waals surface area (Å²) in [6.07, 6.45) is 0. The minimum absolute atomic E-state index is 0.0237. The van der Waals surface area contributed by atoms with Crippen LogP contribution in [0.2, 0.25) is 0 Å². The predicted octanol–water partition coefficient (Wildman–Crippen LogP) is 2.62. The fourth-order valence-electron chi connectivity index (χ4n) is 1.66. The molecule has 1 heterocycles. The molecule has 1 aliphatic heterocycles. The lowest BCUT2D eigenvalue weighted by Gasteiger charge is -2.41. The Morgan fingerprint density at radius 2 is 2.07 bits per heavy atom. The van der Waals surface area contributed by atoms with Crippen molar-refractivity contribution in [3.05, 3.63) is 22.7 Å². The van der Waals surface area contributed by atoms with Crippen LogP contribution in [0.15, 0.2) is 22.7 Å². The minimum atomic E-state index is -0.517. The van der Waals surface area contributed by atoms with E-state index in [0.29, 0.717) is 0 Å². The number of carbonyl (C=O) groups excluding carboxylic acids is 1. The molecular formula is C11H13BrN2O. The van der Waals surface area contributed by atoms with Crippen LogP contribution in [-0.2, 0) is 4.79 Å². The molecule has 0 atom stereocenters. The topological polar surface area (TPSA) is 32.3 Å². The summed E-state index contributed by atoms with van der Waals surface area (Å²) in [4.78, 5) is 13.8. The molecule has 1 aliphatic rings. The van der Waals surface area contributed by atoms with Gasteiger partial charge >= 0.3 is 0 Å². The van der Waals surface area contributed by atoms with Crippen LogP contribution in [0.25, 0.3) is 0 Å². The number of hydrogen-bond acceptors (Lipinski definition) is 2. The van der Waals surface area contributed by atoms with Gasteiger partial charge in [-0.05, 0) is 41.9 Å². The number of carbonyl (C=O) groups is 1. The highest BCUT2D eigenvalue weighted by molar-refractivity contribution is 9.10. The second-order valence-corrected chi connectivity index (χ2v) is 5.06. The van der Waals surface area contributed by atoms with Crippen LogP contribution in [0, 0.1) is 0 Å². The molecule has 80 valence electrons. The summed E-state index contributed by atoms with van der Waals surface area (Å²) in [5, 5.41) is 2.91.